The molecule has 1 atom stereocenters. The van der Waals surface area contributed by atoms with Crippen LogP contribution in [0.1, 0.15) is 32.7 Å². The molecule has 0 bridgehead atoms. The van der Waals surface area contributed by atoms with E-state index in [1.807, 2.05) is 11.3 Å². The summed E-state index contributed by atoms with van der Waals surface area (Å²) in [5, 5.41) is 0. The highest BCUT2D eigenvalue weighted by molar-refractivity contribution is 9.11. The van der Waals surface area contributed by atoms with Crippen molar-refractivity contribution in [2.45, 2.75) is 31.7 Å². The standard InChI is InChI=1S/C13H14BrNS2/c14-13-5-4-9(16-13)7-10(15)12-6-8-2-1-3-11(8)17-12/h4-6,10H,1-3,7,15H2. The number of rotatable bonds is 3. The van der Waals surface area contributed by atoms with E-state index >= 15 is 0 Å². The van der Waals surface area contributed by atoms with E-state index in [0.717, 1.165) is 6.42 Å². The topological polar surface area (TPSA) is 26.0 Å². The first-order valence-corrected chi connectivity index (χ1v) is 8.26. The van der Waals surface area contributed by atoms with Gasteiger partial charge in [-0.25, -0.2) is 0 Å². The van der Waals surface area contributed by atoms with Gasteiger partial charge in [0.15, 0.2) is 0 Å². The molecule has 0 saturated heterocycles. The molecule has 17 heavy (non-hydrogen) atoms. The molecule has 90 valence electrons. The lowest BCUT2D eigenvalue weighted by molar-refractivity contribution is 0.744. The summed E-state index contributed by atoms with van der Waals surface area (Å²) in [4.78, 5) is 4.29. The van der Waals surface area contributed by atoms with Gasteiger partial charge in [-0.1, -0.05) is 0 Å². The van der Waals surface area contributed by atoms with E-state index in [-0.39, 0.29) is 6.04 Å². The number of halogens is 1. The van der Waals surface area contributed by atoms with Crippen LogP contribution in [0.3, 0.4) is 0 Å². The maximum atomic E-state index is 6.30. The Morgan fingerprint density at radius 2 is 2.18 bits per heavy atom. The third-order valence-corrected chi connectivity index (χ3v) is 6.20. The van der Waals surface area contributed by atoms with Crippen LogP contribution in [-0.2, 0) is 19.3 Å². The van der Waals surface area contributed by atoms with E-state index in [4.69, 9.17) is 5.73 Å². The summed E-state index contributed by atoms with van der Waals surface area (Å²) in [5.74, 6) is 0. The van der Waals surface area contributed by atoms with Crippen LogP contribution in [0.4, 0.5) is 0 Å². The molecular weight excluding hydrogens is 314 g/mol. The average Bonchev–Trinajstić information content (AvgIpc) is 2.92. The van der Waals surface area contributed by atoms with Gasteiger partial charge in [0.1, 0.15) is 0 Å². The third kappa shape index (κ3) is 2.50. The monoisotopic (exact) mass is 327 g/mol. The summed E-state index contributed by atoms with van der Waals surface area (Å²) in [5.41, 5.74) is 7.85. The highest BCUT2D eigenvalue weighted by Gasteiger charge is 2.18. The highest BCUT2D eigenvalue weighted by atomic mass is 79.9. The fourth-order valence-electron chi connectivity index (χ4n) is 2.31. The lowest BCUT2D eigenvalue weighted by atomic mass is 10.1. The van der Waals surface area contributed by atoms with Crippen molar-refractivity contribution >= 4 is 38.6 Å². The normalized spacial score (nSPS) is 16.1. The summed E-state index contributed by atoms with van der Waals surface area (Å²) in [7, 11) is 0. The van der Waals surface area contributed by atoms with Crippen LogP contribution in [0.25, 0.3) is 0 Å². The summed E-state index contributed by atoms with van der Waals surface area (Å²) < 4.78 is 1.19. The lowest BCUT2D eigenvalue weighted by Crippen LogP contribution is -2.11. The molecule has 1 aliphatic carbocycles. The zero-order valence-electron chi connectivity index (χ0n) is 9.41. The van der Waals surface area contributed by atoms with Crippen LogP contribution in [0.5, 0.6) is 0 Å². The van der Waals surface area contributed by atoms with Gasteiger partial charge in [0.05, 0.1) is 3.79 Å². The maximum absolute atomic E-state index is 6.30. The van der Waals surface area contributed by atoms with Crippen LogP contribution in [0.2, 0.25) is 0 Å². The Hall–Kier alpha value is -0.160. The third-order valence-electron chi connectivity index (χ3n) is 3.18. The molecule has 2 heterocycles. The van der Waals surface area contributed by atoms with Crippen molar-refractivity contribution in [3.63, 3.8) is 0 Å². The second-order valence-electron chi connectivity index (χ2n) is 4.47. The zero-order valence-corrected chi connectivity index (χ0v) is 12.6. The van der Waals surface area contributed by atoms with E-state index in [1.54, 1.807) is 21.8 Å². The quantitative estimate of drug-likeness (QED) is 0.893. The molecule has 3 rings (SSSR count). The zero-order chi connectivity index (χ0) is 11.8. The molecule has 0 aromatic carbocycles. The molecule has 1 aliphatic rings. The Bertz CT molecular complexity index is 508. The molecule has 0 amide bonds. The number of hydrogen-bond donors (Lipinski definition) is 1. The van der Waals surface area contributed by atoms with Crippen molar-refractivity contribution in [3.8, 4) is 0 Å². The molecule has 4 heteroatoms. The van der Waals surface area contributed by atoms with E-state index in [1.165, 1.54) is 32.8 Å². The Morgan fingerprint density at radius 3 is 2.88 bits per heavy atom. The van der Waals surface area contributed by atoms with Crippen LogP contribution < -0.4 is 5.73 Å². The minimum absolute atomic E-state index is 0.163. The first kappa shape index (κ1) is 11.9. The fourth-order valence-corrected chi connectivity index (χ4v) is 5.11. The van der Waals surface area contributed by atoms with Gasteiger partial charge < -0.3 is 5.73 Å². The summed E-state index contributed by atoms with van der Waals surface area (Å²) in [6, 6.07) is 6.76. The van der Waals surface area contributed by atoms with Gasteiger partial charge in [0.2, 0.25) is 0 Å². The van der Waals surface area contributed by atoms with Gasteiger partial charge in [0, 0.05) is 27.1 Å². The Morgan fingerprint density at radius 1 is 1.29 bits per heavy atom. The van der Waals surface area contributed by atoms with Gasteiger partial charge >= 0.3 is 0 Å². The van der Waals surface area contributed by atoms with Crippen molar-refractivity contribution in [1.82, 2.24) is 0 Å². The molecule has 0 aliphatic heterocycles. The van der Waals surface area contributed by atoms with Crippen molar-refractivity contribution in [3.05, 3.63) is 42.2 Å². The SMILES string of the molecule is NC(Cc1ccc(Br)s1)c1cc2c(s1)CCC2. The molecular formula is C13H14BrNS2. The fraction of sp³-hybridized carbons (Fsp3) is 0.385. The molecule has 1 unspecified atom stereocenters. The van der Waals surface area contributed by atoms with Crippen LogP contribution in [-0.4, -0.2) is 0 Å². The Labute approximate surface area is 118 Å². The molecule has 0 radical (unpaired) electrons. The number of thiophene rings is 2. The van der Waals surface area contributed by atoms with Gasteiger partial charge in [-0.3, -0.25) is 0 Å². The summed E-state index contributed by atoms with van der Waals surface area (Å²) in [6.07, 6.45) is 4.80. The van der Waals surface area contributed by atoms with Crippen LogP contribution in [0.15, 0.2) is 22.0 Å². The van der Waals surface area contributed by atoms with Crippen molar-refractivity contribution in [2.24, 2.45) is 5.73 Å². The van der Waals surface area contributed by atoms with E-state index < -0.39 is 0 Å². The smallest absolute Gasteiger partial charge is 0.0701 e. The predicted molar refractivity (Wildman–Crippen MR) is 79.0 cm³/mol. The Balaban J connectivity index is 1.75. The van der Waals surface area contributed by atoms with Gasteiger partial charge in [-0.2, -0.15) is 0 Å². The molecule has 2 aromatic rings. The number of nitrogens with two attached hydrogens (primary N) is 1. The van der Waals surface area contributed by atoms with Gasteiger partial charge in [-0.05, 0) is 59.0 Å². The van der Waals surface area contributed by atoms with Crippen LogP contribution >= 0.6 is 38.6 Å². The van der Waals surface area contributed by atoms with E-state index in [0.29, 0.717) is 0 Å². The highest BCUT2D eigenvalue weighted by Crippen LogP contribution is 2.35. The minimum atomic E-state index is 0.163. The first-order chi connectivity index (χ1) is 8.22. The molecule has 0 saturated carbocycles. The average molecular weight is 328 g/mol. The summed E-state index contributed by atoms with van der Waals surface area (Å²) >= 11 is 7.20. The van der Waals surface area contributed by atoms with Crippen molar-refractivity contribution in [1.29, 1.82) is 0 Å². The summed E-state index contributed by atoms with van der Waals surface area (Å²) in [6.45, 7) is 0. The molecule has 0 fully saturated rings. The van der Waals surface area contributed by atoms with Crippen LogP contribution in [0, 0.1) is 0 Å². The second-order valence-corrected chi connectivity index (χ2v) is 8.18. The lowest BCUT2D eigenvalue weighted by Gasteiger charge is -2.07. The largest absolute Gasteiger partial charge is 0.323 e. The molecule has 1 nitrogen and oxygen atoms in total. The Kier molecular flexibility index (Phi) is 3.39. The maximum Gasteiger partial charge on any atom is 0.0701 e. The van der Waals surface area contributed by atoms with Crippen molar-refractivity contribution < 1.29 is 0 Å². The van der Waals surface area contributed by atoms with Gasteiger partial charge in [0.25, 0.3) is 0 Å². The minimum Gasteiger partial charge on any atom is -0.323 e. The second kappa shape index (κ2) is 4.84. The molecule has 2 N–H and O–H groups in total. The first-order valence-electron chi connectivity index (χ1n) is 5.83. The van der Waals surface area contributed by atoms with E-state index in [9.17, 15) is 0 Å². The predicted octanol–water partition coefficient (Wildman–Crippen LogP) is 4.30. The molecule has 2 aromatic heterocycles. The van der Waals surface area contributed by atoms with E-state index in [2.05, 4.69) is 34.1 Å². The van der Waals surface area contributed by atoms with Crippen molar-refractivity contribution in [2.75, 3.05) is 0 Å². The number of fused-ring (bicyclic) bond motifs is 1. The number of aryl methyl sites for hydroxylation is 2. The van der Waals surface area contributed by atoms with Gasteiger partial charge in [-0.15, -0.1) is 22.7 Å². The number of hydrogen-bond acceptors (Lipinski definition) is 3. The molecule has 0 spiro atoms.